The summed E-state index contributed by atoms with van der Waals surface area (Å²) in [5.41, 5.74) is 2.39. The van der Waals surface area contributed by atoms with Crippen molar-refractivity contribution in [3.63, 3.8) is 0 Å². The van der Waals surface area contributed by atoms with Gasteiger partial charge in [-0.15, -0.1) is 10.2 Å². The van der Waals surface area contributed by atoms with Gasteiger partial charge >= 0.3 is 5.97 Å². The summed E-state index contributed by atoms with van der Waals surface area (Å²) < 4.78 is 18.1. The predicted octanol–water partition coefficient (Wildman–Crippen LogP) is 4.19. The Labute approximate surface area is 198 Å². The summed E-state index contributed by atoms with van der Waals surface area (Å²) in [6.45, 7) is 3.62. The summed E-state index contributed by atoms with van der Waals surface area (Å²) in [4.78, 5) is 16.7. The maximum atomic E-state index is 12.0. The minimum Gasteiger partial charge on any atom is -0.491 e. The molecule has 9 heteroatoms. The molecular weight excluding hydrogens is 434 g/mol. The van der Waals surface area contributed by atoms with Gasteiger partial charge in [-0.05, 0) is 44.0 Å². The topological polar surface area (TPSA) is 99.9 Å². The molecule has 0 aliphatic heterocycles. The van der Waals surface area contributed by atoms with E-state index in [0.717, 1.165) is 41.9 Å². The molecule has 0 fully saturated rings. The summed E-state index contributed by atoms with van der Waals surface area (Å²) >= 11 is 0. The third kappa shape index (κ3) is 5.79. The fourth-order valence-corrected chi connectivity index (χ4v) is 3.66. The summed E-state index contributed by atoms with van der Waals surface area (Å²) in [5, 5.41) is 11.9. The van der Waals surface area contributed by atoms with Crippen molar-refractivity contribution < 1.29 is 19.0 Å². The van der Waals surface area contributed by atoms with E-state index in [4.69, 9.17) is 19.2 Å². The number of methoxy groups -OCH3 is 1. The maximum Gasteiger partial charge on any atom is 0.311 e. The second-order valence-corrected chi connectivity index (χ2v) is 7.88. The fourth-order valence-electron chi connectivity index (χ4n) is 3.66. The molecule has 1 N–H and O–H groups in total. The highest BCUT2D eigenvalue weighted by molar-refractivity contribution is 5.84. The van der Waals surface area contributed by atoms with Gasteiger partial charge in [0, 0.05) is 26.1 Å². The van der Waals surface area contributed by atoms with Gasteiger partial charge in [0.25, 0.3) is 0 Å². The monoisotopic (exact) mass is 463 g/mol. The van der Waals surface area contributed by atoms with Crippen LogP contribution in [-0.2, 0) is 9.53 Å². The Morgan fingerprint density at radius 3 is 2.68 bits per heavy atom. The van der Waals surface area contributed by atoms with Crippen LogP contribution in [0, 0.1) is 6.92 Å². The van der Waals surface area contributed by atoms with Gasteiger partial charge < -0.3 is 19.5 Å². The lowest BCUT2D eigenvalue weighted by Gasteiger charge is -2.11. The normalized spacial score (nSPS) is 11.1. The number of benzene rings is 2. The van der Waals surface area contributed by atoms with Crippen LogP contribution in [0.5, 0.6) is 11.5 Å². The van der Waals surface area contributed by atoms with Crippen molar-refractivity contribution in [3.8, 4) is 11.5 Å². The number of anilines is 1. The summed E-state index contributed by atoms with van der Waals surface area (Å²) in [5.74, 6) is 2.56. The number of hydrogen-bond acceptors (Lipinski definition) is 8. The molecule has 2 heterocycles. The first-order valence-corrected chi connectivity index (χ1v) is 11.4. The number of unbranched alkanes of at least 4 members (excludes halogenated alkanes) is 2. The molecule has 0 aliphatic carbocycles. The van der Waals surface area contributed by atoms with Crippen molar-refractivity contribution in [2.24, 2.45) is 0 Å². The van der Waals surface area contributed by atoms with Crippen LogP contribution >= 0.6 is 0 Å². The molecule has 0 saturated heterocycles. The number of aromatic nitrogens is 4. The lowest BCUT2D eigenvalue weighted by Crippen LogP contribution is -2.09. The molecule has 0 unspecified atom stereocenters. The molecule has 0 saturated carbocycles. The largest absolute Gasteiger partial charge is 0.491 e. The number of para-hydroxylation sites is 1. The van der Waals surface area contributed by atoms with Crippen LogP contribution in [0.25, 0.3) is 16.7 Å². The van der Waals surface area contributed by atoms with Gasteiger partial charge in [-0.1, -0.05) is 24.6 Å². The highest BCUT2D eigenvalue weighted by Gasteiger charge is 2.13. The third-order valence-electron chi connectivity index (χ3n) is 5.34. The number of ether oxygens (including phenoxy) is 3. The van der Waals surface area contributed by atoms with Crippen LogP contribution in [0.2, 0.25) is 0 Å². The first-order valence-electron chi connectivity index (χ1n) is 11.4. The summed E-state index contributed by atoms with van der Waals surface area (Å²) in [6.07, 6.45) is 2.93. The number of nitrogens with zero attached hydrogens (tertiary/aromatic N) is 4. The molecular formula is C25H29N5O4. The Morgan fingerprint density at radius 2 is 1.85 bits per heavy atom. The molecule has 4 aromatic rings. The zero-order valence-corrected chi connectivity index (χ0v) is 19.5. The maximum absolute atomic E-state index is 12.0. The van der Waals surface area contributed by atoms with E-state index in [1.165, 1.54) is 0 Å². The second kappa shape index (κ2) is 11.4. The number of aryl methyl sites for hydroxylation is 1. The number of carbonyl (C=O) groups excluding carboxylic acids is 1. The standard InChI is InChI=1S/C25H29N5O4/c1-18-28-29-25-24(26-14-8-4-7-11-23(31)34-19-9-5-3-6-10-19)27-21-17-20(33-16-15-32-2)12-13-22(21)30(18)25/h3,5-6,9-10,12-13,17H,4,7-8,11,14-16H2,1-2H3,(H,26,27). The van der Waals surface area contributed by atoms with Crippen molar-refractivity contribution in [1.29, 1.82) is 0 Å². The quantitative estimate of drug-likeness (QED) is 0.190. The number of esters is 1. The molecule has 0 amide bonds. The summed E-state index contributed by atoms with van der Waals surface area (Å²) in [7, 11) is 1.64. The van der Waals surface area contributed by atoms with Crippen molar-refractivity contribution in [2.45, 2.75) is 32.6 Å². The van der Waals surface area contributed by atoms with E-state index in [9.17, 15) is 4.79 Å². The molecule has 0 bridgehead atoms. The zero-order chi connectivity index (χ0) is 23.8. The molecule has 0 atom stereocenters. The highest BCUT2D eigenvalue weighted by atomic mass is 16.5. The number of carbonyl (C=O) groups is 1. The van der Waals surface area contributed by atoms with E-state index < -0.39 is 0 Å². The molecule has 9 nitrogen and oxygen atoms in total. The minimum atomic E-state index is -0.209. The van der Waals surface area contributed by atoms with Crippen LogP contribution in [0.4, 0.5) is 5.82 Å². The van der Waals surface area contributed by atoms with E-state index in [-0.39, 0.29) is 5.97 Å². The van der Waals surface area contributed by atoms with E-state index in [0.29, 0.717) is 43.4 Å². The fraction of sp³-hybridized carbons (Fsp3) is 0.360. The number of rotatable bonds is 12. The van der Waals surface area contributed by atoms with Gasteiger partial charge in [-0.3, -0.25) is 9.20 Å². The number of fused-ring (bicyclic) bond motifs is 3. The Balaban J connectivity index is 1.34. The van der Waals surface area contributed by atoms with Crippen LogP contribution in [0.3, 0.4) is 0 Å². The average Bonchev–Trinajstić information content (AvgIpc) is 3.24. The molecule has 34 heavy (non-hydrogen) atoms. The first-order chi connectivity index (χ1) is 16.7. The van der Waals surface area contributed by atoms with Gasteiger partial charge in [0.2, 0.25) is 5.65 Å². The van der Waals surface area contributed by atoms with Gasteiger partial charge in [-0.2, -0.15) is 0 Å². The highest BCUT2D eigenvalue weighted by Crippen LogP contribution is 2.25. The van der Waals surface area contributed by atoms with Crippen LogP contribution in [0.1, 0.15) is 31.5 Å². The molecule has 178 valence electrons. The van der Waals surface area contributed by atoms with E-state index in [1.807, 2.05) is 47.7 Å². The molecule has 0 aliphatic rings. The predicted molar refractivity (Wildman–Crippen MR) is 129 cm³/mol. The Hall–Kier alpha value is -3.72. The molecule has 0 spiro atoms. The van der Waals surface area contributed by atoms with Crippen LogP contribution in [0.15, 0.2) is 48.5 Å². The van der Waals surface area contributed by atoms with Gasteiger partial charge in [0.05, 0.1) is 17.6 Å². The minimum absolute atomic E-state index is 0.209. The average molecular weight is 464 g/mol. The SMILES string of the molecule is COCCOc1ccc2c(c1)nc(NCCCCCC(=O)Oc1ccccc1)c1nnc(C)n12. The summed E-state index contributed by atoms with van der Waals surface area (Å²) in [6, 6.07) is 14.9. The number of nitrogens with one attached hydrogen (secondary N) is 1. The van der Waals surface area contributed by atoms with E-state index >= 15 is 0 Å². The Bertz CT molecular complexity index is 1240. The first kappa shape index (κ1) is 23.4. The van der Waals surface area contributed by atoms with Crippen molar-refractivity contribution in [2.75, 3.05) is 32.2 Å². The molecule has 2 aromatic heterocycles. The molecule has 4 rings (SSSR count). The van der Waals surface area contributed by atoms with Crippen LogP contribution in [-0.4, -0.2) is 52.4 Å². The van der Waals surface area contributed by atoms with Crippen molar-refractivity contribution in [1.82, 2.24) is 19.6 Å². The number of hydrogen-bond donors (Lipinski definition) is 1. The smallest absolute Gasteiger partial charge is 0.311 e. The van der Waals surface area contributed by atoms with E-state index in [1.54, 1.807) is 19.2 Å². The lowest BCUT2D eigenvalue weighted by atomic mass is 10.2. The second-order valence-electron chi connectivity index (χ2n) is 7.88. The molecule has 2 aromatic carbocycles. The Kier molecular flexibility index (Phi) is 7.87. The van der Waals surface area contributed by atoms with Gasteiger partial charge in [0.15, 0.2) is 5.82 Å². The van der Waals surface area contributed by atoms with Crippen LogP contribution < -0.4 is 14.8 Å². The lowest BCUT2D eigenvalue weighted by molar-refractivity contribution is -0.134. The van der Waals surface area contributed by atoms with E-state index in [2.05, 4.69) is 15.5 Å². The van der Waals surface area contributed by atoms with Crippen molar-refractivity contribution in [3.05, 3.63) is 54.4 Å². The molecule has 0 radical (unpaired) electrons. The van der Waals surface area contributed by atoms with Gasteiger partial charge in [0.1, 0.15) is 23.9 Å². The zero-order valence-electron chi connectivity index (χ0n) is 19.5. The van der Waals surface area contributed by atoms with Gasteiger partial charge in [-0.25, -0.2) is 4.98 Å². The third-order valence-corrected chi connectivity index (χ3v) is 5.34. The Morgan fingerprint density at radius 1 is 1.00 bits per heavy atom. The van der Waals surface area contributed by atoms with Crippen molar-refractivity contribution >= 4 is 28.5 Å².